The second kappa shape index (κ2) is 10.0. The molecule has 1 radical (unpaired) electrons. The largest absolute Gasteiger partial charge is 0.508 e. The number of aromatic hydroxyl groups is 1. The minimum absolute atomic E-state index is 0.0190. The number of anilines is 1. The van der Waals surface area contributed by atoms with Crippen LogP contribution in [0.2, 0.25) is 5.02 Å². The topological polar surface area (TPSA) is 95.4 Å². The molecule has 7 rings (SSSR count). The summed E-state index contributed by atoms with van der Waals surface area (Å²) in [5.74, 6) is 0.317. The van der Waals surface area contributed by atoms with Crippen LogP contribution in [-0.4, -0.2) is 63.9 Å². The summed E-state index contributed by atoms with van der Waals surface area (Å²) in [7, 11) is 0. The predicted octanol–water partition coefficient (Wildman–Crippen LogP) is 4.73. The van der Waals surface area contributed by atoms with Gasteiger partial charge in [-0.25, -0.2) is 4.39 Å². The van der Waals surface area contributed by atoms with Gasteiger partial charge in [0, 0.05) is 54.0 Å². The second-order valence-electron chi connectivity index (χ2n) is 11.5. The number of nitrogens with zero attached hydrogens (tertiary/aromatic N) is 4. The van der Waals surface area contributed by atoms with E-state index < -0.39 is 5.82 Å². The molecule has 4 fully saturated rings. The molecule has 3 saturated heterocycles. The first-order valence-corrected chi connectivity index (χ1v) is 14.4. The van der Waals surface area contributed by atoms with Crippen molar-refractivity contribution < 1.29 is 14.2 Å². The monoisotopic (exact) mass is 551 g/mol. The molecule has 0 amide bonds. The summed E-state index contributed by atoms with van der Waals surface area (Å²) in [5.41, 5.74) is 1.65. The Bertz CT molecular complexity index is 1410. The first-order valence-electron chi connectivity index (χ1n) is 14.0. The Hall–Kier alpha value is -2.75. The van der Waals surface area contributed by atoms with Crippen molar-refractivity contribution in [3.63, 3.8) is 0 Å². The summed E-state index contributed by atoms with van der Waals surface area (Å²) < 4.78 is 22.5. The van der Waals surface area contributed by atoms with Crippen LogP contribution in [0.5, 0.6) is 11.8 Å². The standard InChI is InChI=1S/C29H33ClFN6O2/c1-15-2-5-17(33-15)8-9-39-29-35-27-22(28(36-29)37-13-18-6-7-19(14-37)34-18)12-32-26(25(27)31)21-10-20(38)11-23(30)24(21)16-3-4-16/h10-12,15-19,33-34,38H,1-9,13-14H2/t15-,17-,18?,19?/m0/s1. The fraction of sp³-hybridized carbons (Fsp3) is 0.517. The molecule has 1 saturated carbocycles. The lowest BCUT2D eigenvalue weighted by Crippen LogP contribution is -2.51. The number of benzene rings is 1. The normalized spacial score (nSPS) is 26.5. The van der Waals surface area contributed by atoms with Crippen LogP contribution >= 0.6 is 11.6 Å². The lowest BCUT2D eigenvalue weighted by Gasteiger charge is -2.34. The third-order valence-electron chi connectivity index (χ3n) is 8.55. The summed E-state index contributed by atoms with van der Waals surface area (Å²) >= 11 is 6.52. The van der Waals surface area contributed by atoms with E-state index in [2.05, 4.69) is 32.4 Å². The molecule has 205 valence electrons. The van der Waals surface area contributed by atoms with Crippen molar-refractivity contribution in [1.82, 2.24) is 25.6 Å². The Labute approximate surface area is 232 Å². The summed E-state index contributed by atoms with van der Waals surface area (Å²) in [4.78, 5) is 16.1. The maximum absolute atomic E-state index is 16.4. The lowest BCUT2D eigenvalue weighted by atomic mass is 9.98. The molecule has 3 aliphatic heterocycles. The van der Waals surface area contributed by atoms with Crippen molar-refractivity contribution in [2.24, 2.45) is 0 Å². The highest BCUT2D eigenvalue weighted by Gasteiger charge is 2.35. The van der Waals surface area contributed by atoms with Crippen molar-refractivity contribution in [3.05, 3.63) is 41.7 Å². The molecule has 39 heavy (non-hydrogen) atoms. The summed E-state index contributed by atoms with van der Waals surface area (Å²) in [6.07, 6.45) is 8.77. The molecule has 2 bridgehead atoms. The van der Waals surface area contributed by atoms with Gasteiger partial charge >= 0.3 is 6.01 Å². The number of halogens is 2. The first-order chi connectivity index (χ1) is 18.9. The number of pyridine rings is 1. The van der Waals surface area contributed by atoms with E-state index in [1.807, 2.05) is 0 Å². The quantitative estimate of drug-likeness (QED) is 0.388. The van der Waals surface area contributed by atoms with E-state index >= 15 is 4.39 Å². The second-order valence-corrected chi connectivity index (χ2v) is 11.9. The molecule has 1 aliphatic carbocycles. The highest BCUT2D eigenvalue weighted by atomic mass is 35.5. The van der Waals surface area contributed by atoms with E-state index in [1.165, 1.54) is 6.07 Å². The Morgan fingerprint density at radius 2 is 1.87 bits per heavy atom. The summed E-state index contributed by atoms with van der Waals surface area (Å²) in [6, 6.07) is 4.62. The van der Waals surface area contributed by atoms with E-state index in [0.717, 1.165) is 63.6 Å². The SMILES string of the molecule is [CH2][C@H]1CC[C@@H](CCOc2nc(N3CC4CCC(C3)N4)c3cnc(-c4cc(O)cc(Cl)c4C4CC4)c(F)c3n2)N1. The Morgan fingerprint density at radius 1 is 1.08 bits per heavy atom. The zero-order chi connectivity index (χ0) is 26.7. The highest BCUT2D eigenvalue weighted by molar-refractivity contribution is 6.32. The van der Waals surface area contributed by atoms with E-state index in [-0.39, 0.29) is 34.9 Å². The number of phenols is 1. The van der Waals surface area contributed by atoms with Gasteiger partial charge in [0.1, 0.15) is 22.8 Å². The van der Waals surface area contributed by atoms with E-state index in [0.29, 0.717) is 46.5 Å². The van der Waals surface area contributed by atoms with Crippen molar-refractivity contribution in [2.75, 3.05) is 24.6 Å². The third kappa shape index (κ3) is 4.89. The summed E-state index contributed by atoms with van der Waals surface area (Å²) in [6.45, 7) is 6.09. The van der Waals surface area contributed by atoms with Crippen LogP contribution in [0.25, 0.3) is 22.2 Å². The van der Waals surface area contributed by atoms with E-state index in [4.69, 9.17) is 21.3 Å². The molecule has 4 atom stereocenters. The number of rotatable bonds is 7. The van der Waals surface area contributed by atoms with Gasteiger partial charge in [0.25, 0.3) is 0 Å². The zero-order valence-corrected chi connectivity index (χ0v) is 22.6. The van der Waals surface area contributed by atoms with E-state index in [9.17, 15) is 5.11 Å². The van der Waals surface area contributed by atoms with Crippen molar-refractivity contribution in [3.8, 4) is 23.0 Å². The number of hydrogen-bond donors (Lipinski definition) is 3. The molecule has 4 aliphatic rings. The van der Waals surface area contributed by atoms with Crippen LogP contribution < -0.4 is 20.3 Å². The average Bonchev–Trinajstić information content (AvgIpc) is 3.57. The highest BCUT2D eigenvalue weighted by Crippen LogP contribution is 2.49. The molecule has 3 aromatic rings. The zero-order valence-electron chi connectivity index (χ0n) is 21.8. The number of nitrogens with one attached hydrogen (secondary N) is 2. The van der Waals surface area contributed by atoms with Crippen molar-refractivity contribution >= 4 is 28.3 Å². The van der Waals surface area contributed by atoms with Crippen molar-refractivity contribution in [1.29, 1.82) is 0 Å². The number of hydrogen-bond acceptors (Lipinski definition) is 8. The number of fused-ring (bicyclic) bond motifs is 3. The van der Waals surface area contributed by atoms with Crippen molar-refractivity contribution in [2.45, 2.75) is 75.0 Å². The van der Waals surface area contributed by atoms with Gasteiger partial charge in [-0.1, -0.05) is 11.6 Å². The minimum Gasteiger partial charge on any atom is -0.508 e. The number of ether oxygens (including phenoxy) is 1. The van der Waals surface area contributed by atoms with Crippen LogP contribution in [0.3, 0.4) is 0 Å². The smallest absolute Gasteiger partial charge is 0.319 e. The maximum atomic E-state index is 16.4. The van der Waals surface area contributed by atoms with Gasteiger partial charge in [0.15, 0.2) is 5.82 Å². The summed E-state index contributed by atoms with van der Waals surface area (Å²) in [5, 5.41) is 18.4. The fourth-order valence-electron chi connectivity index (χ4n) is 6.49. The molecule has 2 aromatic heterocycles. The van der Waals surface area contributed by atoms with Gasteiger partial charge in [-0.05, 0) is 75.5 Å². The molecule has 5 heterocycles. The predicted molar refractivity (Wildman–Crippen MR) is 149 cm³/mol. The fourth-order valence-corrected chi connectivity index (χ4v) is 6.86. The van der Waals surface area contributed by atoms with Gasteiger partial charge < -0.3 is 25.4 Å². The van der Waals surface area contributed by atoms with Gasteiger partial charge in [-0.15, -0.1) is 0 Å². The molecule has 1 aromatic carbocycles. The molecule has 0 spiro atoms. The third-order valence-corrected chi connectivity index (χ3v) is 8.86. The van der Waals surface area contributed by atoms with Crippen LogP contribution in [-0.2, 0) is 0 Å². The Morgan fingerprint density at radius 3 is 2.59 bits per heavy atom. The molecule has 8 nitrogen and oxygen atoms in total. The number of piperazine rings is 1. The lowest BCUT2D eigenvalue weighted by molar-refractivity contribution is 0.271. The average molecular weight is 552 g/mol. The van der Waals surface area contributed by atoms with E-state index in [1.54, 1.807) is 12.3 Å². The number of phenolic OH excluding ortho intramolecular Hbond substituents is 1. The molecule has 2 unspecified atom stereocenters. The van der Waals surface area contributed by atoms with Gasteiger partial charge in [0.05, 0.1) is 12.0 Å². The molecule has 10 heteroatoms. The Kier molecular flexibility index (Phi) is 6.48. The van der Waals surface area contributed by atoms with Gasteiger partial charge in [0.2, 0.25) is 0 Å². The van der Waals surface area contributed by atoms with Crippen LogP contribution in [0.4, 0.5) is 10.2 Å². The first kappa shape index (κ1) is 25.2. The maximum Gasteiger partial charge on any atom is 0.319 e. The van der Waals surface area contributed by atoms with Crippen LogP contribution in [0, 0.1) is 12.7 Å². The van der Waals surface area contributed by atoms with Gasteiger partial charge in [-0.3, -0.25) is 4.98 Å². The van der Waals surface area contributed by atoms with Crippen LogP contribution in [0.1, 0.15) is 56.4 Å². The minimum atomic E-state index is -0.556. The number of aromatic nitrogens is 3. The Balaban J connectivity index is 1.29. The molecular weight excluding hydrogens is 519 g/mol. The molecular formula is C29H33ClFN6O2. The van der Waals surface area contributed by atoms with Gasteiger partial charge in [-0.2, -0.15) is 9.97 Å². The van der Waals surface area contributed by atoms with Crippen LogP contribution in [0.15, 0.2) is 18.3 Å². The molecule has 3 N–H and O–H groups in total.